The first kappa shape index (κ1) is 12.6. The molecule has 1 atom stereocenters. The Morgan fingerprint density at radius 3 is 2.71 bits per heavy atom. The summed E-state index contributed by atoms with van der Waals surface area (Å²) in [4.78, 5) is 0. The van der Waals surface area contributed by atoms with Crippen molar-refractivity contribution >= 4 is 0 Å². The lowest BCUT2D eigenvalue weighted by Crippen LogP contribution is -2.48. The second-order valence-corrected chi connectivity index (χ2v) is 5.22. The summed E-state index contributed by atoms with van der Waals surface area (Å²) in [7, 11) is 1.80. The molecule has 1 aliphatic rings. The molecule has 2 heteroatoms. The highest BCUT2D eigenvalue weighted by molar-refractivity contribution is 5.26. The molecule has 1 aromatic rings. The number of nitrogens with one attached hydrogen (secondary N) is 1. The standard InChI is InChI=1S/C15H23NO/c1-11-6-4-5-7-13(11)8-12(2)16-14-9-15(10-14)17-3/h4-7,12,14-16H,8-10H2,1-3H3. The van der Waals surface area contributed by atoms with Gasteiger partial charge in [0.05, 0.1) is 6.10 Å². The van der Waals surface area contributed by atoms with Crippen LogP contribution in [0.25, 0.3) is 0 Å². The third-order valence-corrected chi connectivity index (χ3v) is 3.74. The molecule has 0 amide bonds. The van der Waals surface area contributed by atoms with Crippen LogP contribution in [0.3, 0.4) is 0 Å². The Morgan fingerprint density at radius 1 is 1.35 bits per heavy atom. The summed E-state index contributed by atoms with van der Waals surface area (Å²) in [6.45, 7) is 4.46. The van der Waals surface area contributed by atoms with E-state index >= 15 is 0 Å². The summed E-state index contributed by atoms with van der Waals surface area (Å²) < 4.78 is 5.30. The molecule has 0 aromatic heterocycles. The number of benzene rings is 1. The predicted octanol–water partition coefficient (Wildman–Crippen LogP) is 2.69. The van der Waals surface area contributed by atoms with Crippen molar-refractivity contribution in [3.8, 4) is 0 Å². The Bertz CT molecular complexity index is 358. The molecular weight excluding hydrogens is 210 g/mol. The molecule has 0 heterocycles. The maximum atomic E-state index is 5.30. The molecule has 0 radical (unpaired) electrons. The fraction of sp³-hybridized carbons (Fsp3) is 0.600. The van der Waals surface area contributed by atoms with Crippen molar-refractivity contribution < 1.29 is 4.74 Å². The van der Waals surface area contributed by atoms with Crippen LogP contribution in [0.4, 0.5) is 0 Å². The minimum absolute atomic E-state index is 0.484. The minimum atomic E-state index is 0.484. The average molecular weight is 233 g/mol. The molecule has 94 valence electrons. The van der Waals surface area contributed by atoms with Crippen LogP contribution in [0.5, 0.6) is 0 Å². The number of rotatable bonds is 5. The molecule has 0 bridgehead atoms. The highest BCUT2D eigenvalue weighted by Crippen LogP contribution is 2.23. The molecule has 2 nitrogen and oxygen atoms in total. The van der Waals surface area contributed by atoms with Gasteiger partial charge in [0.15, 0.2) is 0 Å². The Balaban J connectivity index is 1.78. The summed E-state index contributed by atoms with van der Waals surface area (Å²) in [5.74, 6) is 0. The Morgan fingerprint density at radius 2 is 2.06 bits per heavy atom. The van der Waals surface area contributed by atoms with Crippen LogP contribution in [0.2, 0.25) is 0 Å². The third-order valence-electron chi connectivity index (χ3n) is 3.74. The molecule has 1 unspecified atom stereocenters. The number of ether oxygens (including phenoxy) is 1. The number of hydrogen-bond acceptors (Lipinski definition) is 2. The SMILES string of the molecule is COC1CC(NC(C)Cc2ccccc2C)C1. The van der Waals surface area contributed by atoms with Gasteiger partial charge in [0.1, 0.15) is 0 Å². The molecule has 0 spiro atoms. The summed E-state index contributed by atoms with van der Waals surface area (Å²) in [5.41, 5.74) is 2.85. The maximum absolute atomic E-state index is 5.30. The molecule has 1 aliphatic carbocycles. The van der Waals surface area contributed by atoms with E-state index in [1.165, 1.54) is 11.1 Å². The van der Waals surface area contributed by atoms with E-state index in [1.54, 1.807) is 7.11 Å². The molecule has 1 N–H and O–H groups in total. The molecule has 0 saturated heterocycles. The largest absolute Gasteiger partial charge is 0.381 e. The number of aryl methyl sites for hydroxylation is 1. The van der Waals surface area contributed by atoms with Crippen LogP contribution in [0.15, 0.2) is 24.3 Å². The molecule has 1 saturated carbocycles. The van der Waals surface area contributed by atoms with Crippen molar-refractivity contribution in [3.63, 3.8) is 0 Å². The van der Waals surface area contributed by atoms with Gasteiger partial charge in [-0.25, -0.2) is 0 Å². The lowest BCUT2D eigenvalue weighted by Gasteiger charge is -2.36. The zero-order valence-corrected chi connectivity index (χ0v) is 11.1. The first-order chi connectivity index (χ1) is 8.19. The second kappa shape index (κ2) is 5.65. The summed E-state index contributed by atoms with van der Waals surface area (Å²) in [6, 6.07) is 9.84. The third kappa shape index (κ3) is 3.30. The lowest BCUT2D eigenvalue weighted by molar-refractivity contribution is 0.0148. The van der Waals surface area contributed by atoms with Gasteiger partial charge >= 0.3 is 0 Å². The average Bonchev–Trinajstić information content (AvgIpc) is 2.26. The van der Waals surface area contributed by atoms with Gasteiger partial charge in [0.2, 0.25) is 0 Å². The molecule has 1 fully saturated rings. The minimum Gasteiger partial charge on any atom is -0.381 e. The van der Waals surface area contributed by atoms with Gasteiger partial charge < -0.3 is 10.1 Å². The van der Waals surface area contributed by atoms with E-state index in [2.05, 4.69) is 43.4 Å². The number of hydrogen-bond donors (Lipinski definition) is 1. The van der Waals surface area contributed by atoms with E-state index in [9.17, 15) is 0 Å². The Kier molecular flexibility index (Phi) is 4.19. The summed E-state index contributed by atoms with van der Waals surface area (Å²) >= 11 is 0. The van der Waals surface area contributed by atoms with E-state index in [1.807, 2.05) is 0 Å². The normalized spacial score (nSPS) is 25.4. The van der Waals surface area contributed by atoms with E-state index in [0.29, 0.717) is 18.2 Å². The quantitative estimate of drug-likeness (QED) is 0.844. The topological polar surface area (TPSA) is 21.3 Å². The highest BCUT2D eigenvalue weighted by Gasteiger charge is 2.29. The number of methoxy groups -OCH3 is 1. The highest BCUT2D eigenvalue weighted by atomic mass is 16.5. The van der Waals surface area contributed by atoms with Crippen LogP contribution in [0.1, 0.15) is 30.9 Å². The van der Waals surface area contributed by atoms with E-state index in [-0.39, 0.29) is 0 Å². The van der Waals surface area contributed by atoms with Crippen molar-refractivity contribution in [2.24, 2.45) is 0 Å². The summed E-state index contributed by atoms with van der Waals surface area (Å²) in [6.07, 6.45) is 3.92. The van der Waals surface area contributed by atoms with Gasteiger partial charge in [-0.15, -0.1) is 0 Å². The fourth-order valence-corrected chi connectivity index (χ4v) is 2.52. The fourth-order valence-electron chi connectivity index (χ4n) is 2.52. The van der Waals surface area contributed by atoms with E-state index in [4.69, 9.17) is 4.74 Å². The maximum Gasteiger partial charge on any atom is 0.0601 e. The zero-order valence-electron chi connectivity index (χ0n) is 11.1. The van der Waals surface area contributed by atoms with Crippen LogP contribution in [-0.2, 0) is 11.2 Å². The first-order valence-electron chi connectivity index (χ1n) is 6.52. The van der Waals surface area contributed by atoms with Gasteiger partial charge in [-0.3, -0.25) is 0 Å². The molecule has 0 aliphatic heterocycles. The Labute approximate surface area is 104 Å². The van der Waals surface area contributed by atoms with Crippen molar-refractivity contribution in [2.75, 3.05) is 7.11 Å². The van der Waals surface area contributed by atoms with Crippen molar-refractivity contribution in [3.05, 3.63) is 35.4 Å². The van der Waals surface area contributed by atoms with Gasteiger partial charge in [0, 0.05) is 19.2 Å². The van der Waals surface area contributed by atoms with E-state index < -0.39 is 0 Å². The molecular formula is C15H23NO. The smallest absolute Gasteiger partial charge is 0.0601 e. The van der Waals surface area contributed by atoms with E-state index in [0.717, 1.165) is 19.3 Å². The van der Waals surface area contributed by atoms with Crippen LogP contribution >= 0.6 is 0 Å². The van der Waals surface area contributed by atoms with Crippen LogP contribution < -0.4 is 5.32 Å². The molecule has 1 aromatic carbocycles. The first-order valence-corrected chi connectivity index (χ1v) is 6.52. The zero-order chi connectivity index (χ0) is 12.3. The van der Waals surface area contributed by atoms with Crippen molar-refractivity contribution in [1.82, 2.24) is 5.32 Å². The van der Waals surface area contributed by atoms with Gasteiger partial charge in [-0.1, -0.05) is 24.3 Å². The lowest BCUT2D eigenvalue weighted by atomic mass is 9.88. The molecule has 17 heavy (non-hydrogen) atoms. The van der Waals surface area contributed by atoms with Crippen LogP contribution in [0, 0.1) is 6.92 Å². The Hall–Kier alpha value is -0.860. The van der Waals surface area contributed by atoms with Gasteiger partial charge in [-0.05, 0) is 44.2 Å². The van der Waals surface area contributed by atoms with Gasteiger partial charge in [-0.2, -0.15) is 0 Å². The van der Waals surface area contributed by atoms with Gasteiger partial charge in [0.25, 0.3) is 0 Å². The van der Waals surface area contributed by atoms with Crippen molar-refractivity contribution in [1.29, 1.82) is 0 Å². The van der Waals surface area contributed by atoms with Crippen molar-refractivity contribution in [2.45, 2.75) is 51.3 Å². The predicted molar refractivity (Wildman–Crippen MR) is 71.3 cm³/mol. The monoisotopic (exact) mass is 233 g/mol. The second-order valence-electron chi connectivity index (χ2n) is 5.22. The van der Waals surface area contributed by atoms with Crippen LogP contribution in [-0.4, -0.2) is 25.3 Å². The summed E-state index contributed by atoms with van der Waals surface area (Å²) in [5, 5.41) is 3.68. The molecule has 2 rings (SSSR count).